The molecular formula is C26H50Br3N13O12. The Morgan fingerprint density at radius 2 is 1.07 bits per heavy atom. The number of aromatic nitrogens is 4. The molecule has 0 radical (unpaired) electrons. The molecule has 0 saturated carbocycles. The fraction of sp³-hybridized carbons (Fsp3) is 0.423. The number of amides is 8. The number of carboxylic acids is 1. The van der Waals surface area contributed by atoms with Gasteiger partial charge >= 0.3 is 0 Å². The van der Waals surface area contributed by atoms with E-state index in [0.717, 1.165) is 6.92 Å². The summed E-state index contributed by atoms with van der Waals surface area (Å²) in [5.74, 6) is -6.54. The number of nitrogens with one attached hydrogen (secondary N) is 1. The van der Waals surface area contributed by atoms with E-state index in [9.17, 15) is 38.4 Å². The number of aliphatic carboxylic acids is 1. The molecule has 2 aromatic rings. The van der Waals surface area contributed by atoms with E-state index >= 15 is 0 Å². The first kappa shape index (κ1) is 63.7. The number of halogens is 3. The van der Waals surface area contributed by atoms with Gasteiger partial charge in [-0.05, 0) is 7.05 Å². The zero-order valence-corrected chi connectivity index (χ0v) is 34.3. The molecule has 0 aliphatic carbocycles. The lowest BCUT2D eigenvalue weighted by Gasteiger charge is -2.05. The summed E-state index contributed by atoms with van der Waals surface area (Å²) in [6.07, 6.45) is 2.42. The van der Waals surface area contributed by atoms with Crippen LogP contribution in [0, 0.1) is 0 Å². The van der Waals surface area contributed by atoms with Crippen molar-refractivity contribution >= 4 is 97.4 Å². The molecule has 0 unspecified atom stereocenters. The van der Waals surface area contributed by atoms with Crippen molar-refractivity contribution in [3.63, 3.8) is 0 Å². The SMILES string of the molecule is BrBr.C.CC.CC(=O)O.CNC(C(N)=O)C(N)=O.COc1ncn(C)c1C(N)=O.Cn1cnc(O)c1C(N)=O.NC(=O)C(Br)C(N)=O.NC(=O)CC(N)=O. The van der Waals surface area contributed by atoms with Gasteiger partial charge in [-0.2, -0.15) is 0 Å². The van der Waals surface area contributed by atoms with Crippen molar-refractivity contribution in [1.82, 2.24) is 24.4 Å². The topological polar surface area (TPSA) is 459 Å². The van der Waals surface area contributed by atoms with Crippen LogP contribution < -0.4 is 55.9 Å². The Labute approximate surface area is 334 Å². The predicted octanol–water partition coefficient (Wildman–Crippen LogP) is -3.19. The Morgan fingerprint density at radius 1 is 0.759 bits per heavy atom. The number of carboxylic acid groups (broad SMARTS) is 1. The van der Waals surface area contributed by atoms with E-state index in [0.29, 0.717) is 0 Å². The summed E-state index contributed by atoms with van der Waals surface area (Å²) in [6, 6.07) is -1.05. The Kier molecular flexibility index (Phi) is 44.1. The first-order chi connectivity index (χ1) is 24.3. The smallest absolute Gasteiger partial charge is 0.300 e. The van der Waals surface area contributed by atoms with Gasteiger partial charge in [0, 0.05) is 49.3 Å². The van der Waals surface area contributed by atoms with E-state index in [2.05, 4.69) is 82.4 Å². The third kappa shape index (κ3) is 35.1. The number of nitrogens with two attached hydrogens (primary N) is 8. The highest BCUT2D eigenvalue weighted by molar-refractivity contribution is 9.93. The molecule has 19 N–H and O–H groups in total. The Hall–Kier alpha value is -5.35. The van der Waals surface area contributed by atoms with E-state index in [4.69, 9.17) is 42.7 Å². The molecule has 312 valence electrons. The monoisotopic (exact) mass is 973 g/mol. The van der Waals surface area contributed by atoms with E-state index in [1.807, 2.05) is 13.8 Å². The number of aryl methyl sites for hydroxylation is 2. The normalized spacial score (nSPS) is 8.44. The number of carbonyl (C=O) groups excluding carboxylic acids is 8. The second kappa shape index (κ2) is 37.4. The fourth-order valence-corrected chi connectivity index (χ4v) is 2.28. The molecule has 0 fully saturated rings. The summed E-state index contributed by atoms with van der Waals surface area (Å²) in [4.78, 5) is 96.4. The lowest BCUT2D eigenvalue weighted by Crippen LogP contribution is -2.48. The maximum absolute atomic E-state index is 10.7. The zero-order valence-electron chi connectivity index (χ0n) is 29.5. The fourth-order valence-electron chi connectivity index (χ4n) is 2.28. The van der Waals surface area contributed by atoms with Crippen molar-refractivity contribution in [2.24, 2.45) is 60.0 Å². The minimum absolute atomic E-state index is 0. The molecule has 0 aliphatic rings. The number of carbonyl (C=O) groups is 9. The van der Waals surface area contributed by atoms with Crippen LogP contribution in [0.5, 0.6) is 11.8 Å². The number of likely N-dealkylation sites (N-methyl/N-ethyl adjacent to an activating group) is 1. The Bertz CT molecular complexity index is 1410. The van der Waals surface area contributed by atoms with Crippen LogP contribution in [0.3, 0.4) is 0 Å². The molecule has 2 rings (SSSR count). The van der Waals surface area contributed by atoms with Gasteiger partial charge < -0.3 is 75.3 Å². The van der Waals surface area contributed by atoms with Gasteiger partial charge in [0.05, 0.1) is 19.8 Å². The number of rotatable bonds is 10. The lowest BCUT2D eigenvalue weighted by molar-refractivity contribution is -0.134. The first-order valence-electron chi connectivity index (χ1n) is 13.5. The molecule has 0 aliphatic heterocycles. The van der Waals surface area contributed by atoms with Crippen molar-refractivity contribution in [3.05, 3.63) is 24.0 Å². The number of aromatic hydroxyl groups is 1. The number of methoxy groups -OCH3 is 1. The number of primary amides is 8. The molecule has 8 amide bonds. The second-order valence-electron chi connectivity index (χ2n) is 8.29. The number of alkyl halides is 1. The number of imidazole rings is 2. The minimum atomic E-state index is -1.05. The zero-order chi connectivity index (χ0) is 43.8. The predicted molar refractivity (Wildman–Crippen MR) is 206 cm³/mol. The molecule has 28 heteroatoms. The van der Waals surface area contributed by atoms with E-state index in [-0.39, 0.29) is 37.0 Å². The van der Waals surface area contributed by atoms with Gasteiger partial charge in [-0.1, -0.05) is 37.2 Å². The van der Waals surface area contributed by atoms with Crippen molar-refractivity contribution in [2.75, 3.05) is 14.2 Å². The maximum atomic E-state index is 10.7. The van der Waals surface area contributed by atoms with Gasteiger partial charge in [-0.25, -0.2) is 9.97 Å². The van der Waals surface area contributed by atoms with Gasteiger partial charge in [0.15, 0.2) is 22.3 Å². The van der Waals surface area contributed by atoms with Crippen molar-refractivity contribution in [2.45, 2.75) is 45.5 Å². The standard InChI is InChI=1S/C6H9N3O2.C5H7N3O2.C4H9N3O2.C3H5BrN2O2.C3H6N2O2.C2H4O2.C2H6.CH4.Br2/c1-9-3-8-6(11-2)4(9)5(7)10;1-8-2-7-5(10)3(8)4(6)9;1-7-2(3(5)8)4(6)9;4-1(2(5)7)3(6)8;4-2(6)1-3(5)7;1-2(3)4;1-2;;1-2/h3H,1-2H3,(H2,7,10);2,10H,1H3,(H2,6,9);2,7H,1H3,(H2,5,8)(H2,6,9);1H,(H2,5,7)(H2,6,8);1H2,(H2,4,6)(H2,5,7);1H3,(H,3,4);1-2H3;1H4;. The van der Waals surface area contributed by atoms with Crippen molar-refractivity contribution < 1.29 is 58.1 Å². The number of nitrogens with zero attached hydrogens (tertiary/aromatic N) is 4. The molecule has 2 heterocycles. The highest BCUT2D eigenvalue weighted by Crippen LogP contribution is 2.13. The van der Waals surface area contributed by atoms with Gasteiger partial charge in [-0.3, -0.25) is 43.2 Å². The van der Waals surface area contributed by atoms with Crippen molar-refractivity contribution in [3.8, 4) is 11.8 Å². The minimum Gasteiger partial charge on any atom is -0.492 e. The maximum Gasteiger partial charge on any atom is 0.300 e. The summed E-state index contributed by atoms with van der Waals surface area (Å²) in [5.41, 5.74) is 38.2. The Morgan fingerprint density at radius 3 is 1.19 bits per heavy atom. The first-order valence-corrected chi connectivity index (χ1v) is 18.2. The number of hydrogen-bond acceptors (Lipinski definition) is 14. The third-order valence-corrected chi connectivity index (χ3v) is 5.09. The van der Waals surface area contributed by atoms with Crippen LogP contribution in [0.4, 0.5) is 0 Å². The van der Waals surface area contributed by atoms with Crippen LogP contribution in [0.25, 0.3) is 0 Å². The number of ether oxygens (including phenoxy) is 1. The van der Waals surface area contributed by atoms with Crippen LogP contribution >= 0.6 is 44.2 Å². The number of hydrogen-bond donors (Lipinski definition) is 11. The van der Waals surface area contributed by atoms with Crippen LogP contribution in [0.2, 0.25) is 0 Å². The quantitative estimate of drug-likeness (QED) is 0.0826. The molecule has 2 aromatic heterocycles. The largest absolute Gasteiger partial charge is 0.492 e. The Balaban J connectivity index is -0.0000000977. The highest BCUT2D eigenvalue weighted by atomic mass is 80.9. The van der Waals surface area contributed by atoms with Crippen LogP contribution in [0.15, 0.2) is 12.7 Å². The summed E-state index contributed by atoms with van der Waals surface area (Å²) in [5, 5.41) is 18.6. The van der Waals surface area contributed by atoms with Crippen LogP contribution in [-0.2, 0) is 47.7 Å². The summed E-state index contributed by atoms with van der Waals surface area (Å²) >= 11 is 8.16. The van der Waals surface area contributed by atoms with E-state index in [1.54, 1.807) is 14.1 Å². The van der Waals surface area contributed by atoms with E-state index < -0.39 is 64.1 Å². The van der Waals surface area contributed by atoms with Gasteiger partial charge in [0.1, 0.15) is 6.42 Å². The van der Waals surface area contributed by atoms with Gasteiger partial charge in [0.25, 0.3) is 17.8 Å². The molecule has 25 nitrogen and oxygen atoms in total. The van der Waals surface area contributed by atoms with Crippen LogP contribution in [0.1, 0.15) is 55.6 Å². The highest BCUT2D eigenvalue weighted by Gasteiger charge is 2.18. The molecule has 0 bridgehead atoms. The molecule has 0 aromatic carbocycles. The lowest BCUT2D eigenvalue weighted by atomic mass is 10.3. The van der Waals surface area contributed by atoms with Gasteiger partial charge in [-0.15, -0.1) is 0 Å². The molecule has 54 heavy (non-hydrogen) atoms. The third-order valence-electron chi connectivity index (χ3n) is 4.19. The van der Waals surface area contributed by atoms with E-state index in [1.165, 1.54) is 35.9 Å². The average molecular weight is 976 g/mol. The molecule has 0 saturated heterocycles. The summed E-state index contributed by atoms with van der Waals surface area (Å²) in [6.45, 7) is 5.08. The molecule has 0 spiro atoms. The van der Waals surface area contributed by atoms with Gasteiger partial charge in [0.2, 0.25) is 47.2 Å². The van der Waals surface area contributed by atoms with Crippen LogP contribution in [-0.4, -0.2) is 108 Å². The summed E-state index contributed by atoms with van der Waals surface area (Å²) < 4.78 is 7.67. The molecular weight excluding hydrogens is 926 g/mol. The summed E-state index contributed by atoms with van der Waals surface area (Å²) in [7, 11) is 6.12. The van der Waals surface area contributed by atoms with Crippen molar-refractivity contribution in [1.29, 1.82) is 0 Å². The average Bonchev–Trinajstić information content (AvgIpc) is 3.59. The molecule has 0 atom stereocenters. The second-order valence-corrected chi connectivity index (χ2v) is 9.21.